The Balaban J connectivity index is 2.45. The van der Waals surface area contributed by atoms with Crippen LogP contribution < -0.4 is 0 Å². The highest BCUT2D eigenvalue weighted by Gasteiger charge is 1.81. The van der Waals surface area contributed by atoms with E-state index in [1.54, 1.807) is 0 Å². The molecule has 0 N–H and O–H groups in total. The van der Waals surface area contributed by atoms with Crippen LogP contribution in [0.5, 0.6) is 0 Å². The Morgan fingerprint density at radius 3 is 2.71 bits per heavy atom. The van der Waals surface area contributed by atoms with E-state index in [4.69, 9.17) is 3.79 Å². The molecular weight excluding hydrogens is 103 g/mol. The van der Waals surface area contributed by atoms with Crippen LogP contribution in [-0.4, -0.2) is 22.2 Å². The zero-order valence-corrected chi connectivity index (χ0v) is 6.26. The molecule has 0 spiro atoms. The summed E-state index contributed by atoms with van der Waals surface area (Å²) in [5.74, 6) is 2.11. The van der Waals surface area contributed by atoms with Crippen molar-refractivity contribution >= 4 is 15.6 Å². The second-order valence-electron chi connectivity index (χ2n) is 1.46. The van der Waals surface area contributed by atoms with Crippen molar-refractivity contribution in [3.63, 3.8) is 0 Å². The first-order valence-corrected chi connectivity index (χ1v) is 4.43. The third-order valence-corrected chi connectivity index (χ3v) is 1.35. The minimum absolute atomic E-state index is 0.281. The fraction of sp³-hybridized carbons (Fsp3) is 1.00. The molecule has 2 heteroatoms. The number of hydrogen-bond acceptors (Lipinski definition) is 1. The van der Waals surface area contributed by atoms with Gasteiger partial charge in [-0.25, -0.2) is 0 Å². The van der Waals surface area contributed by atoms with Gasteiger partial charge in [0.05, 0.1) is 0 Å². The summed E-state index contributed by atoms with van der Waals surface area (Å²) >= 11 is 0.281. The second kappa shape index (κ2) is 6.49. The molecule has 0 aliphatic rings. The maximum Gasteiger partial charge on any atom is 0.419 e. The van der Waals surface area contributed by atoms with Gasteiger partial charge in [0.25, 0.3) is 0 Å². The number of hydrogen-bond donors (Lipinski definition) is 0. The van der Waals surface area contributed by atoms with Gasteiger partial charge in [0, 0.05) is 6.61 Å². The second-order valence-corrected chi connectivity index (χ2v) is 2.26. The van der Waals surface area contributed by atoms with Gasteiger partial charge in [0.1, 0.15) is 0 Å². The van der Waals surface area contributed by atoms with Crippen molar-refractivity contribution in [3.05, 3.63) is 0 Å². The van der Waals surface area contributed by atoms with Gasteiger partial charge < -0.3 is 3.79 Å². The average Bonchev–Trinajstić information content (AvgIpc) is 1.69. The summed E-state index contributed by atoms with van der Waals surface area (Å²) in [5.41, 5.74) is 0. The van der Waals surface area contributed by atoms with Crippen LogP contribution in [0.1, 0.15) is 19.8 Å². The van der Waals surface area contributed by atoms with Crippen LogP contribution in [0.15, 0.2) is 0 Å². The lowest BCUT2D eigenvalue weighted by atomic mass is 10.4. The Hall–Kier alpha value is 0.492. The summed E-state index contributed by atoms with van der Waals surface area (Å²) in [6.45, 7) is 3.15. The zero-order valence-electron chi connectivity index (χ0n) is 5.11. The maximum atomic E-state index is 5.16. The van der Waals surface area contributed by atoms with Crippen molar-refractivity contribution < 1.29 is 3.79 Å². The minimum Gasteiger partial charge on any atom is -0.507 e. The third-order valence-electron chi connectivity index (χ3n) is 0.782. The van der Waals surface area contributed by atoms with Crippen molar-refractivity contribution in [3.8, 4) is 0 Å². The van der Waals surface area contributed by atoms with Crippen molar-refractivity contribution in [2.75, 3.05) is 6.61 Å². The lowest BCUT2D eigenvalue weighted by Gasteiger charge is -1.95. The Bertz CT molecular complexity index is 27.3. The van der Waals surface area contributed by atoms with Gasteiger partial charge in [-0.3, -0.25) is 0 Å². The lowest BCUT2D eigenvalue weighted by Crippen LogP contribution is -1.94. The Labute approximate surface area is 52.1 Å². The summed E-state index contributed by atoms with van der Waals surface area (Å²) in [7, 11) is 0. The van der Waals surface area contributed by atoms with E-state index in [1.807, 2.05) is 0 Å². The van der Waals surface area contributed by atoms with Gasteiger partial charge in [0.2, 0.25) is 0 Å². The molecular formula is C5H12AlO. The molecule has 7 heavy (non-hydrogen) atoms. The number of unbranched alkanes of at least 4 members (excludes halogenated alkanes) is 1. The molecule has 0 heterocycles. The van der Waals surface area contributed by atoms with Crippen LogP contribution in [0, 0.1) is 0 Å². The van der Waals surface area contributed by atoms with E-state index in [2.05, 4.69) is 12.7 Å². The smallest absolute Gasteiger partial charge is 0.419 e. The van der Waals surface area contributed by atoms with Crippen molar-refractivity contribution in [2.45, 2.75) is 25.6 Å². The first kappa shape index (κ1) is 7.49. The van der Waals surface area contributed by atoms with Gasteiger partial charge in [0.15, 0.2) is 0 Å². The summed E-state index contributed by atoms with van der Waals surface area (Å²) in [5, 5.41) is 0. The molecule has 41 valence electrons. The lowest BCUT2D eigenvalue weighted by molar-refractivity contribution is 0.329. The van der Waals surface area contributed by atoms with Crippen LogP contribution in [0.3, 0.4) is 0 Å². The fourth-order valence-corrected chi connectivity index (χ4v) is 0.748. The standard InChI is InChI=1S/C4H9O.CH3.Al/c1-2-3-4-5;;/h2-4H2,1H3;1H3;/q-1;;+1. The largest absolute Gasteiger partial charge is 0.507 e. The molecule has 0 unspecified atom stereocenters. The van der Waals surface area contributed by atoms with Crippen LogP contribution in [0.2, 0.25) is 5.79 Å². The van der Waals surface area contributed by atoms with E-state index in [0.717, 1.165) is 6.61 Å². The molecule has 1 radical (unpaired) electrons. The highest BCUT2D eigenvalue weighted by molar-refractivity contribution is 6.24. The fourth-order valence-electron chi connectivity index (χ4n) is 0.346. The van der Waals surface area contributed by atoms with Crippen molar-refractivity contribution in [1.29, 1.82) is 0 Å². The molecule has 0 amide bonds. The van der Waals surface area contributed by atoms with Crippen molar-refractivity contribution in [1.82, 2.24) is 0 Å². The van der Waals surface area contributed by atoms with Crippen LogP contribution >= 0.6 is 0 Å². The van der Waals surface area contributed by atoms with E-state index in [-0.39, 0.29) is 15.6 Å². The highest BCUT2D eigenvalue weighted by Crippen LogP contribution is 1.84. The van der Waals surface area contributed by atoms with Gasteiger partial charge in [-0.2, -0.15) is 0 Å². The van der Waals surface area contributed by atoms with E-state index in [9.17, 15) is 0 Å². The summed E-state index contributed by atoms with van der Waals surface area (Å²) < 4.78 is 5.16. The molecule has 0 bridgehead atoms. The minimum atomic E-state index is 0.281. The summed E-state index contributed by atoms with van der Waals surface area (Å²) in [6, 6.07) is 0. The summed E-state index contributed by atoms with van der Waals surface area (Å²) in [6.07, 6.45) is 2.47. The van der Waals surface area contributed by atoms with E-state index in [1.165, 1.54) is 12.8 Å². The van der Waals surface area contributed by atoms with Gasteiger partial charge >= 0.3 is 15.6 Å². The number of rotatable bonds is 4. The Kier molecular flexibility index (Phi) is 6.95. The maximum absolute atomic E-state index is 5.16. The van der Waals surface area contributed by atoms with E-state index < -0.39 is 0 Å². The highest BCUT2D eigenvalue weighted by atomic mass is 27.1. The Morgan fingerprint density at radius 2 is 2.29 bits per heavy atom. The molecule has 0 rings (SSSR count). The monoisotopic (exact) mass is 115 g/mol. The molecule has 0 atom stereocenters. The topological polar surface area (TPSA) is 9.23 Å². The summed E-state index contributed by atoms with van der Waals surface area (Å²) in [4.78, 5) is 0. The third kappa shape index (κ3) is 6.49. The first-order chi connectivity index (χ1) is 3.41. The predicted molar refractivity (Wildman–Crippen MR) is 32.5 cm³/mol. The Morgan fingerprint density at radius 1 is 1.57 bits per heavy atom. The average molecular weight is 115 g/mol. The molecule has 0 saturated carbocycles. The molecule has 0 aliphatic heterocycles. The van der Waals surface area contributed by atoms with E-state index in [0.29, 0.717) is 0 Å². The van der Waals surface area contributed by atoms with E-state index >= 15 is 0 Å². The van der Waals surface area contributed by atoms with Gasteiger partial charge in [-0.05, 0) is 6.42 Å². The van der Waals surface area contributed by atoms with Crippen LogP contribution in [0.4, 0.5) is 0 Å². The molecule has 0 aromatic rings. The normalized spacial score (nSPS) is 8.86. The molecule has 0 fully saturated rings. The molecule has 0 aromatic heterocycles. The molecule has 0 saturated heterocycles. The molecule has 0 aromatic carbocycles. The van der Waals surface area contributed by atoms with Crippen LogP contribution in [-0.2, 0) is 3.79 Å². The first-order valence-electron chi connectivity index (χ1n) is 2.81. The quantitative estimate of drug-likeness (QED) is 0.398. The SMILES string of the molecule is CCCC[O][Al][CH3]. The predicted octanol–water partition coefficient (Wildman–Crippen LogP) is 1.47. The molecule has 1 nitrogen and oxygen atoms in total. The zero-order chi connectivity index (χ0) is 5.54. The van der Waals surface area contributed by atoms with Crippen molar-refractivity contribution in [2.24, 2.45) is 0 Å². The van der Waals surface area contributed by atoms with Crippen LogP contribution in [0.25, 0.3) is 0 Å². The van der Waals surface area contributed by atoms with Gasteiger partial charge in [-0.15, -0.1) is 0 Å². The molecule has 0 aliphatic carbocycles. The van der Waals surface area contributed by atoms with Gasteiger partial charge in [-0.1, -0.05) is 19.1 Å².